The summed E-state index contributed by atoms with van der Waals surface area (Å²) in [4.78, 5) is 21.5. The van der Waals surface area contributed by atoms with Crippen molar-refractivity contribution >= 4 is 17.2 Å². The van der Waals surface area contributed by atoms with Crippen molar-refractivity contribution in [1.82, 2.24) is 14.8 Å². The highest BCUT2D eigenvalue weighted by Gasteiger charge is 2.57. The maximum Gasteiger partial charge on any atom is 0.250 e. The number of amides is 1. The molecule has 2 aliphatic carbocycles. The highest BCUT2D eigenvalue weighted by atomic mass is 32.1. The Kier molecular flexibility index (Phi) is 4.38. The minimum Gasteiger partial charge on any atom is -0.339 e. The zero-order valence-corrected chi connectivity index (χ0v) is 15.5. The standard InChI is InChI=1S/C19H24N4OS/c1-22(13-17-21-7-10-25-17)16-11-19(16)5-8-23(9-6-19)18(24)15-4-2-3-14(15)12-20/h7,10,16H,2-6,8-9,11,13H2,1H3. The maximum absolute atomic E-state index is 12.7. The van der Waals surface area contributed by atoms with Gasteiger partial charge >= 0.3 is 0 Å². The second kappa shape index (κ2) is 6.54. The molecule has 1 aromatic rings. The van der Waals surface area contributed by atoms with Crippen molar-refractivity contribution in [1.29, 1.82) is 5.26 Å². The van der Waals surface area contributed by atoms with Gasteiger partial charge < -0.3 is 4.90 Å². The summed E-state index contributed by atoms with van der Waals surface area (Å²) in [5, 5.41) is 12.4. The van der Waals surface area contributed by atoms with Crippen LogP contribution in [0, 0.1) is 16.7 Å². The molecule has 1 saturated carbocycles. The van der Waals surface area contributed by atoms with Gasteiger partial charge in [0.1, 0.15) is 5.01 Å². The number of carbonyl (C=O) groups is 1. The number of carbonyl (C=O) groups excluding carboxylic acids is 1. The molecule has 25 heavy (non-hydrogen) atoms. The minimum absolute atomic E-state index is 0.122. The Morgan fingerprint density at radius 3 is 2.96 bits per heavy atom. The molecule has 2 fully saturated rings. The van der Waals surface area contributed by atoms with E-state index in [0.29, 0.717) is 11.5 Å². The summed E-state index contributed by atoms with van der Waals surface area (Å²) in [6.07, 6.45) is 7.78. The second-order valence-electron chi connectivity index (χ2n) is 7.64. The average molecular weight is 356 g/mol. The molecule has 1 spiro atoms. The highest BCUT2D eigenvalue weighted by molar-refractivity contribution is 7.09. The van der Waals surface area contributed by atoms with Crippen LogP contribution in [0.2, 0.25) is 0 Å². The number of thiazole rings is 1. The van der Waals surface area contributed by atoms with E-state index in [4.69, 9.17) is 0 Å². The van der Waals surface area contributed by atoms with Crippen LogP contribution in [-0.2, 0) is 11.3 Å². The van der Waals surface area contributed by atoms with Gasteiger partial charge in [-0.3, -0.25) is 9.69 Å². The summed E-state index contributed by atoms with van der Waals surface area (Å²) in [5.41, 5.74) is 1.90. The van der Waals surface area contributed by atoms with E-state index >= 15 is 0 Å². The summed E-state index contributed by atoms with van der Waals surface area (Å²) in [5.74, 6) is 0.122. The fraction of sp³-hybridized carbons (Fsp3) is 0.632. The van der Waals surface area contributed by atoms with Crippen molar-refractivity contribution in [3.05, 3.63) is 27.7 Å². The molecule has 0 bridgehead atoms. The second-order valence-corrected chi connectivity index (χ2v) is 8.62. The van der Waals surface area contributed by atoms with Gasteiger partial charge in [-0.2, -0.15) is 5.26 Å². The third-order valence-electron chi connectivity index (χ3n) is 6.20. The Labute approximate surface area is 152 Å². The van der Waals surface area contributed by atoms with E-state index in [9.17, 15) is 10.1 Å². The smallest absolute Gasteiger partial charge is 0.250 e. The van der Waals surface area contributed by atoms with Crippen LogP contribution in [0.15, 0.2) is 22.7 Å². The van der Waals surface area contributed by atoms with Gasteiger partial charge in [0.15, 0.2) is 0 Å². The number of nitriles is 1. The van der Waals surface area contributed by atoms with Crippen LogP contribution in [0.3, 0.4) is 0 Å². The molecule has 0 aromatic carbocycles. The number of hydrogen-bond acceptors (Lipinski definition) is 5. The Balaban J connectivity index is 1.33. The Hall–Kier alpha value is -1.71. The van der Waals surface area contributed by atoms with Gasteiger partial charge in [-0.1, -0.05) is 0 Å². The molecule has 1 saturated heterocycles. The van der Waals surface area contributed by atoms with Crippen LogP contribution < -0.4 is 0 Å². The zero-order valence-electron chi connectivity index (χ0n) is 14.7. The van der Waals surface area contributed by atoms with E-state index in [2.05, 4.69) is 23.0 Å². The molecule has 2 heterocycles. The van der Waals surface area contributed by atoms with Gasteiger partial charge in [-0.25, -0.2) is 4.98 Å². The van der Waals surface area contributed by atoms with Crippen molar-refractivity contribution in [3.8, 4) is 6.07 Å². The van der Waals surface area contributed by atoms with Crippen LogP contribution in [0.4, 0.5) is 0 Å². The third kappa shape index (κ3) is 3.11. The van der Waals surface area contributed by atoms with E-state index < -0.39 is 0 Å². The molecular weight excluding hydrogens is 332 g/mol. The van der Waals surface area contributed by atoms with Crippen molar-refractivity contribution in [2.75, 3.05) is 20.1 Å². The number of likely N-dealkylation sites (tertiary alicyclic amines) is 1. The molecule has 3 aliphatic rings. The van der Waals surface area contributed by atoms with Gasteiger partial charge in [-0.05, 0) is 51.0 Å². The van der Waals surface area contributed by atoms with E-state index in [1.54, 1.807) is 11.3 Å². The Morgan fingerprint density at radius 2 is 2.28 bits per heavy atom. The average Bonchev–Trinajstić information content (AvgIpc) is 3.01. The van der Waals surface area contributed by atoms with Gasteiger partial charge in [-0.15, -0.1) is 11.3 Å². The molecule has 1 atom stereocenters. The van der Waals surface area contributed by atoms with Crippen LogP contribution in [0.1, 0.15) is 43.5 Å². The van der Waals surface area contributed by atoms with Crippen LogP contribution >= 0.6 is 11.3 Å². The Bertz CT molecular complexity index is 725. The lowest BCUT2D eigenvalue weighted by atomic mass is 9.91. The lowest BCUT2D eigenvalue weighted by Crippen LogP contribution is -2.41. The summed E-state index contributed by atoms with van der Waals surface area (Å²) >= 11 is 1.72. The molecule has 6 heteroatoms. The number of rotatable bonds is 4. The van der Waals surface area contributed by atoms with E-state index in [0.717, 1.165) is 62.9 Å². The lowest BCUT2D eigenvalue weighted by Gasteiger charge is -2.34. The molecule has 1 amide bonds. The fourth-order valence-electron chi connectivity index (χ4n) is 4.59. The normalized spacial score (nSPS) is 24.8. The third-order valence-corrected chi connectivity index (χ3v) is 6.97. The topological polar surface area (TPSA) is 60.2 Å². The highest BCUT2D eigenvalue weighted by Crippen LogP contribution is 2.56. The molecule has 1 aromatic heterocycles. The maximum atomic E-state index is 12.7. The van der Waals surface area contributed by atoms with Gasteiger partial charge in [0, 0.05) is 41.9 Å². The molecule has 5 nitrogen and oxygen atoms in total. The molecule has 1 unspecified atom stereocenters. The summed E-state index contributed by atoms with van der Waals surface area (Å²) in [7, 11) is 2.20. The van der Waals surface area contributed by atoms with Crippen molar-refractivity contribution in [3.63, 3.8) is 0 Å². The summed E-state index contributed by atoms with van der Waals surface area (Å²) in [6, 6.07) is 2.85. The van der Waals surface area contributed by atoms with Crippen molar-refractivity contribution in [2.24, 2.45) is 5.41 Å². The Morgan fingerprint density at radius 1 is 1.48 bits per heavy atom. The molecule has 1 aliphatic heterocycles. The number of nitrogens with zero attached hydrogens (tertiary/aromatic N) is 4. The first-order chi connectivity index (χ1) is 12.1. The first-order valence-electron chi connectivity index (χ1n) is 9.13. The number of piperidine rings is 1. The molecular formula is C19H24N4OS. The summed E-state index contributed by atoms with van der Waals surface area (Å²) in [6.45, 7) is 2.59. The van der Waals surface area contributed by atoms with Crippen LogP contribution in [0.25, 0.3) is 0 Å². The van der Waals surface area contributed by atoms with Crippen LogP contribution in [-0.4, -0.2) is 46.9 Å². The lowest BCUT2D eigenvalue weighted by molar-refractivity contribution is -0.128. The van der Waals surface area contributed by atoms with Gasteiger partial charge in [0.25, 0.3) is 5.91 Å². The molecule has 0 N–H and O–H groups in total. The van der Waals surface area contributed by atoms with Crippen molar-refractivity contribution in [2.45, 2.75) is 51.1 Å². The predicted molar refractivity (Wildman–Crippen MR) is 96.7 cm³/mol. The van der Waals surface area contributed by atoms with Crippen molar-refractivity contribution < 1.29 is 4.79 Å². The quantitative estimate of drug-likeness (QED) is 0.832. The van der Waals surface area contributed by atoms with Gasteiger partial charge in [0.05, 0.1) is 12.6 Å². The number of allylic oxidation sites excluding steroid dienone is 1. The molecule has 4 rings (SSSR count). The zero-order chi connectivity index (χ0) is 17.4. The van der Waals surface area contributed by atoms with E-state index in [-0.39, 0.29) is 5.91 Å². The first-order valence-corrected chi connectivity index (χ1v) is 10.0. The van der Waals surface area contributed by atoms with Crippen LogP contribution in [0.5, 0.6) is 0 Å². The number of hydrogen-bond donors (Lipinski definition) is 0. The molecule has 132 valence electrons. The van der Waals surface area contributed by atoms with Gasteiger partial charge in [0.2, 0.25) is 0 Å². The minimum atomic E-state index is 0.122. The largest absolute Gasteiger partial charge is 0.339 e. The monoisotopic (exact) mass is 356 g/mol. The molecule has 0 radical (unpaired) electrons. The number of aromatic nitrogens is 1. The first kappa shape index (κ1) is 16.7. The van der Waals surface area contributed by atoms with E-state index in [1.165, 1.54) is 11.4 Å². The van der Waals surface area contributed by atoms with E-state index in [1.807, 2.05) is 16.5 Å². The SMILES string of the molecule is CN(Cc1nccs1)C1CC12CCN(C(=O)C1=C(C#N)CCC1)CC2. The predicted octanol–water partition coefficient (Wildman–Crippen LogP) is 2.96. The summed E-state index contributed by atoms with van der Waals surface area (Å²) < 4.78 is 0. The fourth-order valence-corrected chi connectivity index (χ4v) is 5.27.